The van der Waals surface area contributed by atoms with Crippen LogP contribution in [0.4, 0.5) is 0 Å². The summed E-state index contributed by atoms with van der Waals surface area (Å²) in [6.45, 7) is 12.9. The van der Waals surface area contributed by atoms with Crippen molar-refractivity contribution in [2.45, 2.75) is 48.0 Å². The van der Waals surface area contributed by atoms with Crippen LogP contribution in [0.3, 0.4) is 0 Å². The first-order chi connectivity index (χ1) is 9.73. The Balaban J connectivity index is 2.73. The Kier molecular flexibility index (Phi) is 6.69. The molecule has 0 aromatic rings. The van der Waals surface area contributed by atoms with E-state index < -0.39 is 0 Å². The van der Waals surface area contributed by atoms with Gasteiger partial charge in [-0.2, -0.15) is 0 Å². The maximum atomic E-state index is 12.3. The van der Waals surface area contributed by atoms with Crippen molar-refractivity contribution in [1.29, 1.82) is 0 Å². The standard InChI is InChI=1S/C17H30O4/c1-10(2)8-20-16(18)14-12(5)7-13(6)15(14)17(19)21-9-11(3)4/h10-15H,7-9H2,1-6H3. The lowest BCUT2D eigenvalue weighted by atomic mass is 9.88. The van der Waals surface area contributed by atoms with Crippen molar-refractivity contribution in [1.82, 2.24) is 0 Å². The Labute approximate surface area is 128 Å². The summed E-state index contributed by atoms with van der Waals surface area (Å²) in [5.41, 5.74) is 0. The van der Waals surface area contributed by atoms with Gasteiger partial charge in [0.1, 0.15) is 0 Å². The number of carbonyl (C=O) groups is 2. The molecule has 0 aromatic heterocycles. The first-order valence-corrected chi connectivity index (χ1v) is 8.07. The van der Waals surface area contributed by atoms with E-state index in [0.29, 0.717) is 25.0 Å². The zero-order valence-corrected chi connectivity index (χ0v) is 14.2. The molecule has 1 aliphatic carbocycles. The average molecular weight is 298 g/mol. The Morgan fingerprint density at radius 2 is 1.19 bits per heavy atom. The van der Waals surface area contributed by atoms with Crippen LogP contribution in [0.2, 0.25) is 0 Å². The lowest BCUT2D eigenvalue weighted by Gasteiger charge is -2.22. The van der Waals surface area contributed by atoms with Gasteiger partial charge in [-0.15, -0.1) is 0 Å². The Morgan fingerprint density at radius 1 is 0.857 bits per heavy atom. The second-order valence-corrected chi connectivity index (χ2v) is 7.29. The van der Waals surface area contributed by atoms with Gasteiger partial charge in [-0.3, -0.25) is 9.59 Å². The molecule has 1 aliphatic rings. The zero-order valence-electron chi connectivity index (χ0n) is 14.2. The van der Waals surface area contributed by atoms with Crippen LogP contribution in [-0.2, 0) is 19.1 Å². The van der Waals surface area contributed by atoms with Crippen molar-refractivity contribution in [2.24, 2.45) is 35.5 Å². The predicted octanol–water partition coefficient (Wildman–Crippen LogP) is 3.29. The molecule has 4 unspecified atom stereocenters. The molecular weight excluding hydrogens is 268 g/mol. The Bertz CT molecular complexity index is 328. The molecule has 122 valence electrons. The Morgan fingerprint density at radius 3 is 1.48 bits per heavy atom. The van der Waals surface area contributed by atoms with Gasteiger partial charge in [0.2, 0.25) is 0 Å². The van der Waals surface area contributed by atoms with Gasteiger partial charge in [0.05, 0.1) is 25.0 Å². The smallest absolute Gasteiger partial charge is 0.310 e. The van der Waals surface area contributed by atoms with Crippen LogP contribution in [0.1, 0.15) is 48.0 Å². The van der Waals surface area contributed by atoms with E-state index >= 15 is 0 Å². The average Bonchev–Trinajstić information content (AvgIpc) is 2.67. The number of rotatable bonds is 6. The van der Waals surface area contributed by atoms with Gasteiger partial charge in [0.15, 0.2) is 0 Å². The summed E-state index contributed by atoms with van der Waals surface area (Å²) in [6, 6.07) is 0. The van der Waals surface area contributed by atoms with Crippen molar-refractivity contribution >= 4 is 11.9 Å². The highest BCUT2D eigenvalue weighted by atomic mass is 16.5. The molecule has 4 nitrogen and oxygen atoms in total. The molecule has 0 aliphatic heterocycles. The zero-order chi connectivity index (χ0) is 16.2. The summed E-state index contributed by atoms with van der Waals surface area (Å²) in [6.07, 6.45) is 0.864. The number of carbonyl (C=O) groups excluding carboxylic acids is 2. The first kappa shape index (κ1) is 18.0. The summed E-state index contributed by atoms with van der Waals surface area (Å²) in [7, 11) is 0. The molecule has 0 heterocycles. The molecule has 0 N–H and O–H groups in total. The third-order valence-corrected chi connectivity index (χ3v) is 4.02. The van der Waals surface area contributed by atoms with Gasteiger partial charge in [0, 0.05) is 0 Å². The molecule has 0 aromatic carbocycles. The van der Waals surface area contributed by atoms with Crippen LogP contribution < -0.4 is 0 Å². The van der Waals surface area contributed by atoms with Gasteiger partial charge in [-0.1, -0.05) is 41.5 Å². The lowest BCUT2D eigenvalue weighted by Crippen LogP contribution is -2.34. The highest BCUT2D eigenvalue weighted by Crippen LogP contribution is 2.42. The van der Waals surface area contributed by atoms with E-state index in [1.807, 2.05) is 41.5 Å². The molecule has 4 atom stereocenters. The van der Waals surface area contributed by atoms with Crippen molar-refractivity contribution in [2.75, 3.05) is 13.2 Å². The molecule has 1 rings (SSSR count). The van der Waals surface area contributed by atoms with Gasteiger partial charge >= 0.3 is 11.9 Å². The second-order valence-electron chi connectivity index (χ2n) is 7.29. The SMILES string of the molecule is CC(C)COC(=O)C1C(C)CC(C)C1C(=O)OCC(C)C. The van der Waals surface area contributed by atoms with Crippen LogP contribution in [0.15, 0.2) is 0 Å². The third-order valence-electron chi connectivity index (χ3n) is 4.02. The molecule has 1 fully saturated rings. The van der Waals surface area contributed by atoms with E-state index in [9.17, 15) is 9.59 Å². The van der Waals surface area contributed by atoms with Crippen LogP contribution in [0.5, 0.6) is 0 Å². The quantitative estimate of drug-likeness (QED) is 0.706. The van der Waals surface area contributed by atoms with Gasteiger partial charge < -0.3 is 9.47 Å². The van der Waals surface area contributed by atoms with Crippen LogP contribution >= 0.6 is 0 Å². The second kappa shape index (κ2) is 7.81. The van der Waals surface area contributed by atoms with Crippen LogP contribution in [-0.4, -0.2) is 25.2 Å². The van der Waals surface area contributed by atoms with E-state index in [0.717, 1.165) is 6.42 Å². The molecule has 4 heteroatoms. The summed E-state index contributed by atoms with van der Waals surface area (Å²) in [5.74, 6) is -0.285. The topological polar surface area (TPSA) is 52.6 Å². The Hall–Kier alpha value is -1.06. The first-order valence-electron chi connectivity index (χ1n) is 8.07. The largest absolute Gasteiger partial charge is 0.465 e. The van der Waals surface area contributed by atoms with E-state index in [2.05, 4.69) is 0 Å². The summed E-state index contributed by atoms with van der Waals surface area (Å²) in [4.78, 5) is 24.7. The number of hydrogen-bond acceptors (Lipinski definition) is 4. The lowest BCUT2D eigenvalue weighted by molar-refractivity contribution is -0.162. The minimum absolute atomic E-state index is 0.163. The van der Waals surface area contributed by atoms with Crippen molar-refractivity contribution in [3.05, 3.63) is 0 Å². The number of hydrogen-bond donors (Lipinski definition) is 0. The minimum atomic E-state index is -0.363. The molecule has 0 spiro atoms. The molecule has 21 heavy (non-hydrogen) atoms. The van der Waals surface area contributed by atoms with Crippen LogP contribution in [0, 0.1) is 35.5 Å². The monoisotopic (exact) mass is 298 g/mol. The number of ether oxygens (including phenoxy) is 2. The summed E-state index contributed by atoms with van der Waals surface area (Å²) < 4.78 is 10.7. The maximum Gasteiger partial charge on any atom is 0.310 e. The highest BCUT2D eigenvalue weighted by Gasteiger charge is 2.48. The molecule has 0 bridgehead atoms. The van der Waals surface area contributed by atoms with E-state index in [1.54, 1.807) is 0 Å². The summed E-state index contributed by atoms with van der Waals surface area (Å²) >= 11 is 0. The van der Waals surface area contributed by atoms with Crippen molar-refractivity contribution in [3.8, 4) is 0 Å². The van der Waals surface area contributed by atoms with Gasteiger partial charge in [-0.05, 0) is 30.1 Å². The molecule has 0 amide bonds. The van der Waals surface area contributed by atoms with Crippen molar-refractivity contribution < 1.29 is 19.1 Å². The molecule has 0 saturated heterocycles. The fourth-order valence-electron chi connectivity index (χ4n) is 3.04. The highest BCUT2D eigenvalue weighted by molar-refractivity contribution is 5.83. The van der Waals surface area contributed by atoms with Gasteiger partial charge in [-0.25, -0.2) is 0 Å². The summed E-state index contributed by atoms with van der Waals surface area (Å²) in [5, 5.41) is 0. The molecule has 0 radical (unpaired) electrons. The van der Waals surface area contributed by atoms with Gasteiger partial charge in [0.25, 0.3) is 0 Å². The maximum absolute atomic E-state index is 12.3. The molecular formula is C17H30O4. The van der Waals surface area contributed by atoms with E-state index in [4.69, 9.17) is 9.47 Å². The minimum Gasteiger partial charge on any atom is -0.465 e. The van der Waals surface area contributed by atoms with E-state index in [-0.39, 0.29) is 35.6 Å². The van der Waals surface area contributed by atoms with Crippen LogP contribution in [0.25, 0.3) is 0 Å². The fourth-order valence-corrected chi connectivity index (χ4v) is 3.04. The van der Waals surface area contributed by atoms with E-state index in [1.165, 1.54) is 0 Å². The normalized spacial score (nSPS) is 29.0. The number of esters is 2. The third kappa shape index (κ3) is 5.01. The molecule has 1 saturated carbocycles. The van der Waals surface area contributed by atoms with Crippen molar-refractivity contribution in [3.63, 3.8) is 0 Å². The predicted molar refractivity (Wildman–Crippen MR) is 81.5 cm³/mol. The fraction of sp³-hybridized carbons (Fsp3) is 0.882.